The molecule has 1 aliphatic heterocycles. The number of rotatable bonds is 13. The van der Waals surface area contributed by atoms with Crippen LogP contribution in [0.2, 0.25) is 34.8 Å². The Hall–Kier alpha value is -2.04. The fraction of sp³-hybridized carbons (Fsp3) is 0.676. The van der Waals surface area contributed by atoms with Crippen molar-refractivity contribution in [2.45, 2.75) is 135 Å². The van der Waals surface area contributed by atoms with Crippen LogP contribution in [0, 0.1) is 11.5 Å². The molecule has 2 aromatic heterocycles. The summed E-state index contributed by atoms with van der Waals surface area (Å²) in [5, 5.41) is 11.2. The third-order valence-electron chi connectivity index (χ3n) is 10.5. The SMILES string of the molecule is CSCn1ncc(-c2ccc3c(c2)c(C#C[Si](C(C)C)(C(C)C)C(C)C)nn3C2CCCCO2)c1OCCCO[Si](C)(C)C(C)(C)C. The monoisotopic (exact) mass is 696 g/mol. The van der Waals surface area contributed by atoms with E-state index in [1.807, 2.05) is 10.9 Å². The average Bonchev–Trinajstić information content (AvgIpc) is 3.57. The van der Waals surface area contributed by atoms with Gasteiger partial charge in [0.25, 0.3) is 0 Å². The van der Waals surface area contributed by atoms with Crippen LogP contribution in [0.5, 0.6) is 5.88 Å². The smallest absolute Gasteiger partial charge is 0.220 e. The summed E-state index contributed by atoms with van der Waals surface area (Å²) < 4.78 is 23.2. The highest BCUT2D eigenvalue weighted by Crippen LogP contribution is 2.41. The third-order valence-corrected chi connectivity index (χ3v) is 21.9. The van der Waals surface area contributed by atoms with Crippen molar-refractivity contribution in [1.29, 1.82) is 0 Å². The fourth-order valence-electron chi connectivity index (χ4n) is 6.85. The van der Waals surface area contributed by atoms with Crippen LogP contribution in [0.3, 0.4) is 0 Å². The molecule has 7 nitrogen and oxygen atoms in total. The molecule has 1 aliphatic rings. The van der Waals surface area contributed by atoms with Crippen molar-refractivity contribution in [2.24, 2.45) is 0 Å². The summed E-state index contributed by atoms with van der Waals surface area (Å²) in [7, 11) is -3.74. The molecule has 1 aromatic carbocycles. The van der Waals surface area contributed by atoms with Crippen LogP contribution >= 0.6 is 11.8 Å². The zero-order valence-electron chi connectivity index (χ0n) is 31.2. The first-order valence-corrected chi connectivity index (χ1v) is 24.2. The summed E-state index contributed by atoms with van der Waals surface area (Å²) in [6, 6.07) is 6.59. The molecule has 0 spiro atoms. The number of aromatic nitrogens is 4. The largest absolute Gasteiger partial charge is 0.477 e. The predicted octanol–water partition coefficient (Wildman–Crippen LogP) is 10.3. The van der Waals surface area contributed by atoms with Crippen molar-refractivity contribution >= 4 is 39.1 Å². The van der Waals surface area contributed by atoms with E-state index in [4.69, 9.17) is 24.1 Å². The number of nitrogens with zero attached hydrogens (tertiary/aromatic N) is 4. The molecule has 4 rings (SSSR count). The summed E-state index contributed by atoms with van der Waals surface area (Å²) >= 11 is 1.73. The molecule has 0 bridgehead atoms. The first-order chi connectivity index (χ1) is 22.1. The van der Waals surface area contributed by atoms with E-state index in [0.29, 0.717) is 29.8 Å². The summed E-state index contributed by atoms with van der Waals surface area (Å²) in [5.74, 6) is 5.20. The number of benzene rings is 1. The first kappa shape index (κ1) is 37.8. The standard InChI is InChI=1S/C37H60N4O3SSi2/c1-27(2)47(28(3)4,29(5)6)23-19-33-31-24-30(17-18-34(31)41(39-33)35-16-13-14-20-42-35)32-25-38-40(26-45-10)36(32)43-21-15-22-44-46(11,12)37(7,8)9/h17-18,24-25,27-29,35H,13-16,20-22,26H2,1-12H3. The van der Waals surface area contributed by atoms with Gasteiger partial charge >= 0.3 is 0 Å². The zero-order valence-corrected chi connectivity index (χ0v) is 34.0. The normalized spacial score (nSPS) is 16.4. The van der Waals surface area contributed by atoms with Crippen LogP contribution in [-0.4, -0.2) is 62.0 Å². The number of hydrogen-bond donors (Lipinski definition) is 0. The summed E-state index contributed by atoms with van der Waals surface area (Å²) in [5.41, 5.74) is 9.54. The van der Waals surface area contributed by atoms with Gasteiger partial charge in [0.2, 0.25) is 5.88 Å². The van der Waals surface area contributed by atoms with Crippen LogP contribution in [0.4, 0.5) is 0 Å². The van der Waals surface area contributed by atoms with Gasteiger partial charge in [-0.05, 0) is 78.0 Å². The van der Waals surface area contributed by atoms with E-state index >= 15 is 0 Å². The van der Waals surface area contributed by atoms with E-state index in [2.05, 4.69) is 116 Å². The second-order valence-corrected chi connectivity index (χ2v) is 26.8. The second kappa shape index (κ2) is 15.7. The van der Waals surface area contributed by atoms with Crippen molar-refractivity contribution in [3.8, 4) is 28.5 Å². The molecule has 0 amide bonds. The lowest BCUT2D eigenvalue weighted by atomic mass is 10.1. The molecule has 1 saturated heterocycles. The Morgan fingerprint density at radius 2 is 1.74 bits per heavy atom. The molecule has 0 aliphatic carbocycles. The lowest BCUT2D eigenvalue weighted by molar-refractivity contribution is -0.0367. The van der Waals surface area contributed by atoms with Crippen LogP contribution < -0.4 is 4.74 Å². The molecule has 0 radical (unpaired) electrons. The molecule has 1 atom stereocenters. The molecule has 1 fully saturated rings. The molecule has 1 unspecified atom stereocenters. The highest BCUT2D eigenvalue weighted by atomic mass is 32.2. The Kier molecular flexibility index (Phi) is 12.6. The van der Waals surface area contributed by atoms with Gasteiger partial charge in [0, 0.05) is 25.0 Å². The van der Waals surface area contributed by atoms with Gasteiger partial charge in [0.15, 0.2) is 14.5 Å². The van der Waals surface area contributed by atoms with E-state index in [1.165, 1.54) is 0 Å². The van der Waals surface area contributed by atoms with Crippen LogP contribution in [-0.2, 0) is 15.0 Å². The van der Waals surface area contributed by atoms with Crippen LogP contribution in [0.1, 0.15) is 99.9 Å². The molecule has 0 N–H and O–H groups in total. The Labute approximate surface area is 291 Å². The van der Waals surface area contributed by atoms with E-state index in [1.54, 1.807) is 11.8 Å². The van der Waals surface area contributed by atoms with Crippen LogP contribution in [0.15, 0.2) is 24.4 Å². The number of ether oxygens (including phenoxy) is 2. The lowest BCUT2D eigenvalue weighted by Crippen LogP contribution is -2.43. The molecule has 10 heteroatoms. The molecule has 3 aromatic rings. The number of thioether (sulfide) groups is 1. The molecular weight excluding hydrogens is 637 g/mol. The van der Waals surface area contributed by atoms with Gasteiger partial charge in [0.1, 0.15) is 13.8 Å². The topological polar surface area (TPSA) is 63.3 Å². The molecule has 47 heavy (non-hydrogen) atoms. The molecule has 3 heterocycles. The number of hydrogen-bond acceptors (Lipinski definition) is 6. The maximum atomic E-state index is 6.49. The minimum absolute atomic E-state index is 0.0632. The Morgan fingerprint density at radius 1 is 1.04 bits per heavy atom. The van der Waals surface area contributed by atoms with Crippen molar-refractivity contribution in [2.75, 3.05) is 26.1 Å². The Morgan fingerprint density at radius 3 is 2.34 bits per heavy atom. The van der Waals surface area contributed by atoms with E-state index in [0.717, 1.165) is 71.8 Å². The first-order valence-electron chi connectivity index (χ1n) is 17.6. The van der Waals surface area contributed by atoms with Gasteiger partial charge in [-0.1, -0.05) is 74.3 Å². The quantitative estimate of drug-likeness (QED) is 0.101. The predicted molar refractivity (Wildman–Crippen MR) is 204 cm³/mol. The van der Waals surface area contributed by atoms with Gasteiger partial charge in [-0.15, -0.1) is 17.3 Å². The lowest BCUT2D eigenvalue weighted by Gasteiger charge is -2.38. The summed E-state index contributed by atoms with van der Waals surface area (Å²) in [6.45, 7) is 27.6. The highest BCUT2D eigenvalue weighted by Gasteiger charge is 2.42. The Balaban J connectivity index is 1.73. The average molecular weight is 697 g/mol. The van der Waals surface area contributed by atoms with E-state index < -0.39 is 16.4 Å². The highest BCUT2D eigenvalue weighted by molar-refractivity contribution is 7.97. The van der Waals surface area contributed by atoms with Crippen LogP contribution in [0.25, 0.3) is 22.0 Å². The zero-order chi connectivity index (χ0) is 34.6. The summed E-state index contributed by atoms with van der Waals surface area (Å²) in [4.78, 5) is 0. The van der Waals surface area contributed by atoms with E-state index in [9.17, 15) is 0 Å². The molecule has 0 saturated carbocycles. The fourth-order valence-corrected chi connectivity index (χ4v) is 13.6. The van der Waals surface area contributed by atoms with Crippen molar-refractivity contribution < 1.29 is 13.9 Å². The maximum Gasteiger partial charge on any atom is 0.220 e. The van der Waals surface area contributed by atoms with Gasteiger partial charge in [0.05, 0.1) is 29.8 Å². The minimum atomic E-state index is -1.95. The van der Waals surface area contributed by atoms with Gasteiger partial charge in [-0.2, -0.15) is 10.2 Å². The molecule has 260 valence electrons. The van der Waals surface area contributed by atoms with E-state index in [-0.39, 0.29) is 11.3 Å². The van der Waals surface area contributed by atoms with Crippen molar-refractivity contribution in [3.05, 3.63) is 30.1 Å². The molecular formula is C37H60N4O3SSi2. The Bertz CT molecular complexity index is 1520. The van der Waals surface area contributed by atoms with Crippen molar-refractivity contribution in [3.63, 3.8) is 0 Å². The maximum absolute atomic E-state index is 6.49. The van der Waals surface area contributed by atoms with Gasteiger partial charge in [-0.3, -0.25) is 0 Å². The second-order valence-electron chi connectivity index (χ2n) is 15.6. The minimum Gasteiger partial charge on any atom is -0.477 e. The number of fused-ring (bicyclic) bond motifs is 1. The van der Waals surface area contributed by atoms with Gasteiger partial charge in [-0.25, -0.2) is 9.36 Å². The third kappa shape index (κ3) is 8.23. The summed E-state index contributed by atoms with van der Waals surface area (Å²) in [6.07, 6.45) is 8.00. The van der Waals surface area contributed by atoms with Crippen molar-refractivity contribution in [1.82, 2.24) is 19.6 Å². The van der Waals surface area contributed by atoms with Gasteiger partial charge < -0.3 is 13.9 Å².